The SMILES string of the molecule is O=[N+]([O-])c1ccc(/C=N\Nc2nc3c(s2)CCCC3)o1. The Morgan fingerprint density at radius 1 is 1.45 bits per heavy atom. The standard InChI is InChI=1S/C12H12N4O3S/c17-16(18)11-6-5-8(19-11)7-13-15-12-14-9-3-1-2-4-10(9)20-12/h5-7H,1-4H2,(H,14,15)/b13-7-. The molecule has 1 aliphatic rings. The fourth-order valence-electron chi connectivity index (χ4n) is 2.06. The molecule has 0 amide bonds. The largest absolute Gasteiger partial charge is 0.433 e. The van der Waals surface area contributed by atoms with Gasteiger partial charge in [-0.2, -0.15) is 5.10 Å². The van der Waals surface area contributed by atoms with Crippen LogP contribution in [0.1, 0.15) is 29.2 Å². The number of hydrogen-bond donors (Lipinski definition) is 1. The third-order valence-corrected chi connectivity index (χ3v) is 4.05. The number of furan rings is 1. The predicted octanol–water partition coefficient (Wildman–Crippen LogP) is 2.97. The van der Waals surface area contributed by atoms with Gasteiger partial charge in [0, 0.05) is 4.88 Å². The van der Waals surface area contributed by atoms with Crippen LogP contribution in [-0.2, 0) is 12.8 Å². The Balaban J connectivity index is 1.64. The zero-order chi connectivity index (χ0) is 13.9. The van der Waals surface area contributed by atoms with Gasteiger partial charge in [-0.1, -0.05) is 0 Å². The van der Waals surface area contributed by atoms with Crippen LogP contribution >= 0.6 is 11.3 Å². The van der Waals surface area contributed by atoms with Gasteiger partial charge in [0.1, 0.15) is 4.92 Å². The molecule has 20 heavy (non-hydrogen) atoms. The Morgan fingerprint density at radius 2 is 2.30 bits per heavy atom. The summed E-state index contributed by atoms with van der Waals surface area (Å²) in [6.45, 7) is 0. The zero-order valence-electron chi connectivity index (χ0n) is 10.5. The quantitative estimate of drug-likeness (QED) is 0.531. The fourth-order valence-corrected chi connectivity index (χ4v) is 3.06. The summed E-state index contributed by atoms with van der Waals surface area (Å²) in [6.07, 6.45) is 5.92. The van der Waals surface area contributed by atoms with Gasteiger partial charge in [0.25, 0.3) is 0 Å². The molecular formula is C12H12N4O3S. The van der Waals surface area contributed by atoms with Gasteiger partial charge in [0.15, 0.2) is 5.76 Å². The van der Waals surface area contributed by atoms with Crippen molar-refractivity contribution in [1.29, 1.82) is 0 Å². The smallest absolute Gasteiger partial charge is 0.400 e. The van der Waals surface area contributed by atoms with Crippen molar-refractivity contribution in [2.45, 2.75) is 25.7 Å². The molecule has 104 valence electrons. The molecule has 0 saturated carbocycles. The number of nitro groups is 1. The van der Waals surface area contributed by atoms with Crippen molar-refractivity contribution in [2.75, 3.05) is 5.43 Å². The molecule has 0 spiro atoms. The molecule has 8 heteroatoms. The zero-order valence-corrected chi connectivity index (χ0v) is 11.4. The number of anilines is 1. The van der Waals surface area contributed by atoms with Crippen molar-refractivity contribution in [3.05, 3.63) is 38.6 Å². The maximum absolute atomic E-state index is 10.5. The van der Waals surface area contributed by atoms with E-state index in [0.29, 0.717) is 5.76 Å². The molecule has 0 aliphatic heterocycles. The summed E-state index contributed by atoms with van der Waals surface area (Å²) in [5.41, 5.74) is 4.00. The van der Waals surface area contributed by atoms with E-state index >= 15 is 0 Å². The minimum absolute atomic E-state index is 0.295. The lowest BCUT2D eigenvalue weighted by Gasteiger charge is -2.06. The van der Waals surface area contributed by atoms with E-state index in [0.717, 1.165) is 23.7 Å². The maximum Gasteiger partial charge on any atom is 0.433 e. The molecule has 0 fully saturated rings. The molecule has 0 saturated heterocycles. The average Bonchev–Trinajstić information content (AvgIpc) is 3.04. The number of hydrogen-bond acceptors (Lipinski definition) is 7. The number of aromatic nitrogens is 1. The lowest BCUT2D eigenvalue weighted by Crippen LogP contribution is -1.99. The summed E-state index contributed by atoms with van der Waals surface area (Å²) in [5.74, 6) is 0.0293. The number of aryl methyl sites for hydroxylation is 2. The van der Waals surface area contributed by atoms with Gasteiger partial charge >= 0.3 is 5.88 Å². The monoisotopic (exact) mass is 292 g/mol. The Hall–Kier alpha value is -2.22. The van der Waals surface area contributed by atoms with E-state index in [1.807, 2.05) is 0 Å². The van der Waals surface area contributed by atoms with Crippen LogP contribution in [0.4, 0.5) is 11.0 Å². The van der Waals surface area contributed by atoms with Crippen LogP contribution in [0.2, 0.25) is 0 Å². The molecule has 0 aromatic carbocycles. The van der Waals surface area contributed by atoms with Crippen molar-refractivity contribution >= 4 is 28.6 Å². The minimum Gasteiger partial charge on any atom is -0.400 e. The second-order valence-electron chi connectivity index (χ2n) is 4.40. The highest BCUT2D eigenvalue weighted by Crippen LogP contribution is 2.29. The highest BCUT2D eigenvalue weighted by atomic mass is 32.1. The van der Waals surface area contributed by atoms with E-state index in [1.165, 1.54) is 36.1 Å². The van der Waals surface area contributed by atoms with E-state index in [-0.39, 0.29) is 5.88 Å². The lowest BCUT2D eigenvalue weighted by atomic mass is 10.0. The summed E-state index contributed by atoms with van der Waals surface area (Å²) in [5, 5.41) is 15.2. The number of thiazole rings is 1. The Bertz CT molecular complexity index is 638. The van der Waals surface area contributed by atoms with Crippen LogP contribution < -0.4 is 5.43 Å². The number of nitrogens with one attached hydrogen (secondary N) is 1. The average molecular weight is 292 g/mol. The summed E-state index contributed by atoms with van der Waals surface area (Å²) in [6, 6.07) is 2.79. The van der Waals surface area contributed by atoms with Gasteiger partial charge in [-0.25, -0.2) is 4.98 Å². The van der Waals surface area contributed by atoms with Gasteiger partial charge < -0.3 is 4.42 Å². The van der Waals surface area contributed by atoms with Crippen molar-refractivity contribution < 1.29 is 9.34 Å². The molecule has 7 nitrogen and oxygen atoms in total. The van der Waals surface area contributed by atoms with Crippen molar-refractivity contribution in [3.8, 4) is 0 Å². The van der Waals surface area contributed by atoms with Crippen LogP contribution in [-0.4, -0.2) is 16.1 Å². The number of rotatable bonds is 4. The fraction of sp³-hybridized carbons (Fsp3) is 0.333. The van der Waals surface area contributed by atoms with Gasteiger partial charge in [-0.05, 0) is 31.7 Å². The van der Waals surface area contributed by atoms with Crippen LogP contribution in [0, 0.1) is 10.1 Å². The van der Waals surface area contributed by atoms with Crippen LogP contribution in [0.5, 0.6) is 0 Å². The highest BCUT2D eigenvalue weighted by molar-refractivity contribution is 7.15. The van der Waals surface area contributed by atoms with E-state index in [4.69, 9.17) is 4.42 Å². The molecule has 0 atom stereocenters. The molecule has 1 aliphatic carbocycles. The van der Waals surface area contributed by atoms with Gasteiger partial charge in [-0.15, -0.1) is 11.3 Å². The first-order chi connectivity index (χ1) is 9.72. The van der Waals surface area contributed by atoms with E-state index in [1.54, 1.807) is 11.3 Å². The minimum atomic E-state index is -0.584. The topological polar surface area (TPSA) is 93.6 Å². The highest BCUT2D eigenvalue weighted by Gasteiger charge is 2.14. The van der Waals surface area contributed by atoms with E-state index in [2.05, 4.69) is 15.5 Å². The van der Waals surface area contributed by atoms with Crippen LogP contribution in [0.25, 0.3) is 0 Å². The third kappa shape index (κ3) is 2.69. The molecule has 2 aromatic rings. The molecule has 3 rings (SSSR count). The van der Waals surface area contributed by atoms with Gasteiger partial charge in [-0.3, -0.25) is 15.5 Å². The maximum atomic E-state index is 10.5. The number of nitrogens with zero attached hydrogens (tertiary/aromatic N) is 3. The summed E-state index contributed by atoms with van der Waals surface area (Å²) in [7, 11) is 0. The summed E-state index contributed by atoms with van der Waals surface area (Å²) < 4.78 is 4.96. The van der Waals surface area contributed by atoms with Gasteiger partial charge in [0.05, 0.1) is 18.0 Å². The van der Waals surface area contributed by atoms with Crippen molar-refractivity contribution in [2.24, 2.45) is 5.10 Å². The van der Waals surface area contributed by atoms with Crippen LogP contribution in [0.3, 0.4) is 0 Å². The normalized spacial score (nSPS) is 14.4. The number of hydrazone groups is 1. The Labute approximate surface area is 118 Å². The predicted molar refractivity (Wildman–Crippen MR) is 75.3 cm³/mol. The number of fused-ring (bicyclic) bond motifs is 1. The third-order valence-electron chi connectivity index (χ3n) is 2.99. The van der Waals surface area contributed by atoms with E-state index in [9.17, 15) is 10.1 Å². The lowest BCUT2D eigenvalue weighted by molar-refractivity contribution is -0.402. The van der Waals surface area contributed by atoms with E-state index < -0.39 is 4.92 Å². The molecule has 1 N–H and O–H groups in total. The molecular weight excluding hydrogens is 280 g/mol. The molecule has 2 aromatic heterocycles. The summed E-state index contributed by atoms with van der Waals surface area (Å²) in [4.78, 5) is 15.7. The Morgan fingerprint density at radius 3 is 3.05 bits per heavy atom. The second-order valence-corrected chi connectivity index (χ2v) is 5.48. The van der Waals surface area contributed by atoms with Gasteiger partial charge in [0.2, 0.25) is 5.13 Å². The van der Waals surface area contributed by atoms with Crippen molar-refractivity contribution in [1.82, 2.24) is 4.98 Å². The summed E-state index contributed by atoms with van der Waals surface area (Å²) >= 11 is 1.61. The Kier molecular flexibility index (Phi) is 3.46. The molecule has 0 unspecified atom stereocenters. The van der Waals surface area contributed by atoms with Crippen LogP contribution in [0.15, 0.2) is 21.7 Å². The molecule has 2 heterocycles. The first-order valence-corrected chi connectivity index (χ1v) is 7.06. The van der Waals surface area contributed by atoms with Crippen molar-refractivity contribution in [3.63, 3.8) is 0 Å². The second kappa shape index (κ2) is 5.41. The first-order valence-electron chi connectivity index (χ1n) is 6.24. The molecule has 0 radical (unpaired) electrons. The first kappa shape index (κ1) is 12.8. The molecule has 0 bridgehead atoms.